The van der Waals surface area contributed by atoms with Crippen LogP contribution in [0.5, 0.6) is 0 Å². The highest BCUT2D eigenvalue weighted by Crippen LogP contribution is 2.25. The second kappa shape index (κ2) is 6.67. The van der Waals surface area contributed by atoms with Crippen LogP contribution in [0.2, 0.25) is 0 Å². The molecule has 0 atom stereocenters. The van der Waals surface area contributed by atoms with E-state index in [1.165, 1.54) is 6.07 Å². The fraction of sp³-hybridized carbons (Fsp3) is 0.118. The molecule has 0 saturated heterocycles. The van der Waals surface area contributed by atoms with Crippen LogP contribution in [0.3, 0.4) is 0 Å². The zero-order valence-electron chi connectivity index (χ0n) is 12.4. The second-order valence-corrected chi connectivity index (χ2v) is 4.90. The molecule has 0 radical (unpaired) electrons. The lowest BCUT2D eigenvalue weighted by Gasteiger charge is -2.09. The van der Waals surface area contributed by atoms with Crippen LogP contribution in [-0.2, 0) is 4.79 Å². The van der Waals surface area contributed by atoms with E-state index in [0.717, 1.165) is 5.56 Å². The molecule has 0 aliphatic rings. The Balaban J connectivity index is 2.21. The first-order valence-corrected chi connectivity index (χ1v) is 6.77. The zero-order valence-corrected chi connectivity index (χ0v) is 12.4. The van der Waals surface area contributed by atoms with Crippen LogP contribution in [0.15, 0.2) is 54.1 Å². The Bertz CT molecular complexity index is 737. The largest absolute Gasteiger partial charge is 0.322 e. The first kappa shape index (κ1) is 15.4. The fourth-order valence-corrected chi connectivity index (χ4v) is 2.04. The summed E-state index contributed by atoms with van der Waals surface area (Å²) in [4.78, 5) is 22.7. The summed E-state index contributed by atoms with van der Waals surface area (Å²) in [6, 6.07) is 14.1. The number of nitrogens with one attached hydrogen (secondary N) is 1. The minimum Gasteiger partial charge on any atom is -0.322 e. The summed E-state index contributed by atoms with van der Waals surface area (Å²) in [6.07, 6.45) is 1.77. The predicted molar refractivity (Wildman–Crippen MR) is 86.6 cm³/mol. The Morgan fingerprint density at radius 1 is 1.14 bits per heavy atom. The molecule has 22 heavy (non-hydrogen) atoms. The van der Waals surface area contributed by atoms with Crippen LogP contribution in [0, 0.1) is 17.0 Å². The maximum Gasteiger partial charge on any atom is 0.274 e. The quantitative estimate of drug-likeness (QED) is 0.527. The number of nitrogens with zero attached hydrogens (tertiary/aromatic N) is 1. The number of benzene rings is 2. The summed E-state index contributed by atoms with van der Waals surface area (Å²) < 4.78 is 0. The monoisotopic (exact) mass is 296 g/mol. The zero-order chi connectivity index (χ0) is 16.1. The smallest absolute Gasteiger partial charge is 0.274 e. The first-order chi connectivity index (χ1) is 10.5. The van der Waals surface area contributed by atoms with Gasteiger partial charge in [-0.3, -0.25) is 14.9 Å². The summed E-state index contributed by atoms with van der Waals surface area (Å²) in [7, 11) is 0. The van der Waals surface area contributed by atoms with Gasteiger partial charge in [-0.25, -0.2) is 0 Å². The average molecular weight is 296 g/mol. The van der Waals surface area contributed by atoms with Gasteiger partial charge in [0.1, 0.15) is 0 Å². The molecule has 5 nitrogen and oxygen atoms in total. The molecule has 112 valence electrons. The number of amides is 1. The number of carbonyl (C=O) groups is 1. The molecule has 1 N–H and O–H groups in total. The van der Waals surface area contributed by atoms with Crippen molar-refractivity contribution in [1.29, 1.82) is 0 Å². The Morgan fingerprint density at radius 3 is 2.45 bits per heavy atom. The summed E-state index contributed by atoms with van der Waals surface area (Å²) in [5.41, 5.74) is 2.32. The molecule has 0 saturated carbocycles. The van der Waals surface area contributed by atoms with E-state index < -0.39 is 4.92 Å². The molecule has 2 aromatic rings. The van der Waals surface area contributed by atoms with Crippen LogP contribution in [0.4, 0.5) is 11.4 Å². The third kappa shape index (κ3) is 3.58. The van der Waals surface area contributed by atoms with E-state index in [9.17, 15) is 14.9 Å². The second-order valence-electron chi connectivity index (χ2n) is 4.90. The van der Waals surface area contributed by atoms with Gasteiger partial charge in [0.2, 0.25) is 0 Å². The van der Waals surface area contributed by atoms with E-state index in [1.54, 1.807) is 32.1 Å². The minimum absolute atomic E-state index is 0.0116. The Hall–Kier alpha value is -2.95. The average Bonchev–Trinajstić information content (AvgIpc) is 2.50. The first-order valence-electron chi connectivity index (χ1n) is 6.77. The number of hydrogen-bond donors (Lipinski definition) is 1. The molecule has 0 aliphatic carbocycles. The molecule has 1 amide bonds. The number of nitro benzene ring substituents is 1. The van der Waals surface area contributed by atoms with E-state index in [-0.39, 0.29) is 11.6 Å². The molecule has 0 bridgehead atoms. The maximum absolute atomic E-state index is 12.2. The van der Waals surface area contributed by atoms with Crippen molar-refractivity contribution in [3.05, 3.63) is 75.3 Å². The van der Waals surface area contributed by atoms with Crippen LogP contribution in [0.25, 0.3) is 6.08 Å². The van der Waals surface area contributed by atoms with Gasteiger partial charge in [0.25, 0.3) is 11.6 Å². The Morgan fingerprint density at radius 2 is 1.82 bits per heavy atom. The van der Waals surface area contributed by atoms with Crippen molar-refractivity contribution >= 4 is 23.4 Å². The Kier molecular flexibility index (Phi) is 4.68. The van der Waals surface area contributed by atoms with Crippen LogP contribution in [-0.4, -0.2) is 10.8 Å². The van der Waals surface area contributed by atoms with Gasteiger partial charge in [0.15, 0.2) is 0 Å². The molecule has 2 rings (SSSR count). The Labute approximate surface area is 128 Å². The van der Waals surface area contributed by atoms with E-state index in [4.69, 9.17) is 0 Å². The van der Waals surface area contributed by atoms with E-state index in [0.29, 0.717) is 16.8 Å². The summed E-state index contributed by atoms with van der Waals surface area (Å²) in [5.74, 6) is -0.285. The topological polar surface area (TPSA) is 72.2 Å². The van der Waals surface area contributed by atoms with E-state index >= 15 is 0 Å². The lowest BCUT2D eigenvalue weighted by atomic mass is 10.1. The highest BCUT2D eigenvalue weighted by molar-refractivity contribution is 6.06. The number of nitro groups is 1. The predicted octanol–water partition coefficient (Wildman–Crippen LogP) is 3.95. The lowest BCUT2D eigenvalue weighted by Crippen LogP contribution is -2.13. The third-order valence-electron chi connectivity index (χ3n) is 3.29. The van der Waals surface area contributed by atoms with Gasteiger partial charge in [-0.15, -0.1) is 0 Å². The number of hydrogen-bond acceptors (Lipinski definition) is 3. The van der Waals surface area contributed by atoms with Gasteiger partial charge in [0.05, 0.1) is 16.2 Å². The SMILES string of the molecule is CC(=Cc1ccccc1)C(=O)Nc1cccc([N+](=O)[O-])c1C. The normalized spacial score (nSPS) is 11.1. The molecule has 0 aromatic heterocycles. The molecule has 0 heterocycles. The number of anilines is 1. The molecule has 5 heteroatoms. The third-order valence-corrected chi connectivity index (χ3v) is 3.29. The molecule has 0 aliphatic heterocycles. The van der Waals surface area contributed by atoms with Gasteiger partial charge in [-0.2, -0.15) is 0 Å². The highest BCUT2D eigenvalue weighted by Gasteiger charge is 2.15. The highest BCUT2D eigenvalue weighted by atomic mass is 16.6. The fourth-order valence-electron chi connectivity index (χ4n) is 2.04. The van der Waals surface area contributed by atoms with Crippen LogP contribution >= 0.6 is 0 Å². The van der Waals surface area contributed by atoms with Gasteiger partial charge in [-0.05, 0) is 31.6 Å². The number of rotatable bonds is 4. The van der Waals surface area contributed by atoms with Crippen molar-refractivity contribution in [3.8, 4) is 0 Å². The molecule has 0 unspecified atom stereocenters. The van der Waals surface area contributed by atoms with Crippen molar-refractivity contribution in [2.75, 3.05) is 5.32 Å². The standard InChI is InChI=1S/C17H16N2O3/c1-12(11-14-7-4-3-5-8-14)17(20)18-15-9-6-10-16(13(15)2)19(21)22/h3-11H,1-2H3,(H,18,20). The van der Waals surface area contributed by atoms with Crippen LogP contribution in [0.1, 0.15) is 18.1 Å². The van der Waals surface area contributed by atoms with Gasteiger partial charge >= 0.3 is 0 Å². The molecular formula is C17H16N2O3. The van der Waals surface area contributed by atoms with E-state index in [2.05, 4.69) is 5.32 Å². The molecular weight excluding hydrogens is 280 g/mol. The minimum atomic E-state index is -0.461. The summed E-state index contributed by atoms with van der Waals surface area (Å²) >= 11 is 0. The van der Waals surface area contributed by atoms with Gasteiger partial charge < -0.3 is 5.32 Å². The van der Waals surface area contributed by atoms with Gasteiger partial charge in [0, 0.05) is 11.6 Å². The van der Waals surface area contributed by atoms with Gasteiger partial charge in [-0.1, -0.05) is 36.4 Å². The van der Waals surface area contributed by atoms with Crippen molar-refractivity contribution in [3.63, 3.8) is 0 Å². The molecule has 0 fully saturated rings. The van der Waals surface area contributed by atoms with Crippen molar-refractivity contribution in [2.24, 2.45) is 0 Å². The van der Waals surface area contributed by atoms with Crippen molar-refractivity contribution < 1.29 is 9.72 Å². The summed E-state index contributed by atoms with van der Waals surface area (Å²) in [6.45, 7) is 3.32. The van der Waals surface area contributed by atoms with Crippen molar-refractivity contribution in [2.45, 2.75) is 13.8 Å². The number of carbonyl (C=O) groups excluding carboxylic acids is 1. The molecule has 0 spiro atoms. The molecule has 2 aromatic carbocycles. The van der Waals surface area contributed by atoms with Crippen molar-refractivity contribution in [1.82, 2.24) is 0 Å². The van der Waals surface area contributed by atoms with Crippen LogP contribution < -0.4 is 5.32 Å². The lowest BCUT2D eigenvalue weighted by molar-refractivity contribution is -0.385. The summed E-state index contributed by atoms with van der Waals surface area (Å²) in [5, 5.41) is 13.6. The van der Waals surface area contributed by atoms with E-state index in [1.807, 2.05) is 30.3 Å². The maximum atomic E-state index is 12.2.